The van der Waals surface area contributed by atoms with Crippen molar-refractivity contribution in [2.24, 2.45) is 0 Å². The minimum Gasteiger partial charge on any atom is -0.462 e. The fourth-order valence-corrected chi connectivity index (χ4v) is 9.30. The molecule has 0 aromatic carbocycles. The molecule has 0 aromatic heterocycles. The van der Waals surface area contributed by atoms with E-state index in [4.69, 9.17) is 28.4 Å². The van der Waals surface area contributed by atoms with Crippen molar-refractivity contribution in [1.82, 2.24) is 0 Å². The third kappa shape index (κ3) is 31.1. The molecule has 0 spiro atoms. The van der Waals surface area contributed by atoms with Gasteiger partial charge in [-0.2, -0.15) is 0 Å². The molecule has 0 bridgehead atoms. The van der Waals surface area contributed by atoms with Crippen LogP contribution < -0.4 is 0 Å². The maximum atomic E-state index is 12.9. The quantitative estimate of drug-likeness (QED) is 0.0130. The zero-order valence-electron chi connectivity index (χ0n) is 44.9. The Balaban J connectivity index is 1.76. The summed E-state index contributed by atoms with van der Waals surface area (Å²) >= 11 is 0. The first-order chi connectivity index (χ1) is 35.0. The lowest BCUT2D eigenvalue weighted by atomic mass is 9.98. The lowest BCUT2D eigenvalue weighted by Crippen LogP contribution is -2.61. The highest BCUT2D eigenvalue weighted by atomic mass is 16.7. The maximum absolute atomic E-state index is 12.9. The number of aliphatic hydroxyl groups excluding tert-OH is 7. The van der Waals surface area contributed by atoms with Crippen LogP contribution in [0.5, 0.6) is 0 Å². The predicted molar refractivity (Wildman–Crippen MR) is 280 cm³/mol. The molecule has 0 amide bonds. The fraction of sp³-hybridized carbons (Fsp3) is 0.895. The molecule has 15 heteroatoms. The third-order valence-electron chi connectivity index (χ3n) is 14.0. The number of allylic oxidation sites excluding steroid dienone is 3. The Morgan fingerprint density at radius 2 is 0.875 bits per heavy atom. The van der Waals surface area contributed by atoms with Crippen molar-refractivity contribution in [3.8, 4) is 0 Å². The van der Waals surface area contributed by atoms with Gasteiger partial charge in [0.05, 0.1) is 19.8 Å². The van der Waals surface area contributed by atoms with E-state index in [1.54, 1.807) is 12.2 Å². The molecule has 15 nitrogen and oxygen atoms in total. The molecule has 0 aliphatic carbocycles. The van der Waals surface area contributed by atoms with Crippen molar-refractivity contribution in [3.63, 3.8) is 0 Å². The first-order valence-corrected chi connectivity index (χ1v) is 29.0. The number of esters is 2. The van der Waals surface area contributed by atoms with Gasteiger partial charge in [-0.3, -0.25) is 4.79 Å². The Kier molecular flexibility index (Phi) is 40.5. The molecule has 2 saturated heterocycles. The first kappa shape index (κ1) is 66.1. The van der Waals surface area contributed by atoms with Crippen molar-refractivity contribution in [1.29, 1.82) is 0 Å². The minimum absolute atomic E-state index is 0.203. The van der Waals surface area contributed by atoms with Crippen molar-refractivity contribution in [2.45, 2.75) is 300 Å². The van der Waals surface area contributed by atoms with E-state index < -0.39 is 99.3 Å². The van der Waals surface area contributed by atoms with Crippen LogP contribution in [0.1, 0.15) is 232 Å². The molecule has 4 unspecified atom stereocenters. The van der Waals surface area contributed by atoms with Crippen molar-refractivity contribution in [3.05, 3.63) is 24.3 Å². The van der Waals surface area contributed by atoms with E-state index in [2.05, 4.69) is 13.8 Å². The molecule has 2 rings (SSSR count). The van der Waals surface area contributed by atoms with Gasteiger partial charge < -0.3 is 64.2 Å². The van der Waals surface area contributed by atoms with Crippen LogP contribution in [0, 0.1) is 0 Å². The lowest BCUT2D eigenvalue weighted by molar-refractivity contribution is -0.332. The summed E-state index contributed by atoms with van der Waals surface area (Å²) in [5.74, 6) is -1.16. The average molecular weight is 1030 g/mol. The van der Waals surface area contributed by atoms with E-state index >= 15 is 0 Å². The topological polar surface area (TPSA) is 231 Å². The summed E-state index contributed by atoms with van der Waals surface area (Å²) in [4.78, 5) is 25.7. The molecule has 2 heterocycles. The highest BCUT2D eigenvalue weighted by Gasteiger charge is 2.47. The molecule has 11 atom stereocenters. The van der Waals surface area contributed by atoms with Crippen LogP contribution in [0.25, 0.3) is 0 Å². The largest absolute Gasteiger partial charge is 0.462 e. The Morgan fingerprint density at radius 3 is 1.33 bits per heavy atom. The number of unbranched alkanes of at least 4 members (excludes halogenated alkanes) is 31. The number of rotatable bonds is 46. The monoisotopic (exact) mass is 1030 g/mol. The van der Waals surface area contributed by atoms with Crippen molar-refractivity contribution in [2.75, 3.05) is 26.4 Å². The second-order valence-corrected chi connectivity index (χ2v) is 20.6. The zero-order chi connectivity index (χ0) is 52.4. The summed E-state index contributed by atoms with van der Waals surface area (Å²) in [6.45, 7) is 2.52. The van der Waals surface area contributed by atoms with Crippen LogP contribution >= 0.6 is 0 Å². The molecule has 0 radical (unpaired) electrons. The van der Waals surface area contributed by atoms with Gasteiger partial charge in [0.15, 0.2) is 18.7 Å². The summed E-state index contributed by atoms with van der Waals surface area (Å²) in [5, 5.41) is 72.2. The number of aliphatic hydroxyl groups is 7. The summed E-state index contributed by atoms with van der Waals surface area (Å²) < 4.78 is 33.5. The van der Waals surface area contributed by atoms with E-state index in [1.165, 1.54) is 173 Å². The Labute approximate surface area is 434 Å². The Morgan fingerprint density at radius 1 is 0.472 bits per heavy atom. The fourth-order valence-electron chi connectivity index (χ4n) is 9.30. The molecular formula is C57H104O15. The van der Waals surface area contributed by atoms with Crippen LogP contribution in [-0.4, -0.2) is 142 Å². The molecule has 0 saturated carbocycles. The Bertz CT molecular complexity index is 1350. The summed E-state index contributed by atoms with van der Waals surface area (Å²) in [6.07, 6.45) is 31.3. The highest BCUT2D eigenvalue weighted by Crippen LogP contribution is 2.27. The molecule has 7 N–H and O–H groups in total. The van der Waals surface area contributed by atoms with Crippen molar-refractivity contribution >= 4 is 11.9 Å². The summed E-state index contributed by atoms with van der Waals surface area (Å²) in [6, 6.07) is 0. The van der Waals surface area contributed by atoms with Crippen LogP contribution in [0.4, 0.5) is 0 Å². The van der Waals surface area contributed by atoms with E-state index in [-0.39, 0.29) is 13.0 Å². The molecule has 422 valence electrons. The highest BCUT2D eigenvalue weighted by molar-refractivity contribution is 5.82. The molecule has 0 aromatic rings. The molecular weight excluding hydrogens is 925 g/mol. The SMILES string of the molecule is CCCCCCCCCCCCC/C=C/C=C/C(=O)O[C@@H](COC(=O)CCCCCCCCCCCCCCCCCCCCCCC)CO[C@@H]1O[C@H](CO[C@@H]2O[C@H](CO)[C@H](O)C(O)C2O)[C@H](O)C(O)C1O. The van der Waals surface area contributed by atoms with E-state index in [0.717, 1.165) is 38.5 Å². The van der Waals surface area contributed by atoms with Gasteiger partial charge in [-0.1, -0.05) is 225 Å². The Hall–Kier alpha value is -2.02. The minimum atomic E-state index is -1.78. The van der Waals surface area contributed by atoms with Crippen molar-refractivity contribution < 1.29 is 73.8 Å². The smallest absolute Gasteiger partial charge is 0.331 e. The van der Waals surface area contributed by atoms with Crippen LogP contribution in [0.15, 0.2) is 24.3 Å². The lowest BCUT2D eigenvalue weighted by Gasteiger charge is -2.42. The van der Waals surface area contributed by atoms with Gasteiger partial charge in [-0.25, -0.2) is 4.79 Å². The van der Waals surface area contributed by atoms with E-state index in [9.17, 15) is 45.3 Å². The summed E-state index contributed by atoms with van der Waals surface area (Å²) in [5.41, 5.74) is 0. The van der Waals surface area contributed by atoms with E-state index in [0.29, 0.717) is 6.42 Å². The number of hydrogen-bond acceptors (Lipinski definition) is 15. The predicted octanol–water partition coefficient (Wildman–Crippen LogP) is 9.50. The second kappa shape index (κ2) is 44.1. The molecule has 2 aliphatic heterocycles. The number of hydrogen-bond donors (Lipinski definition) is 7. The third-order valence-corrected chi connectivity index (χ3v) is 14.0. The number of carbonyl (C=O) groups excluding carboxylic acids is 2. The average Bonchev–Trinajstić information content (AvgIpc) is 3.37. The van der Waals surface area contributed by atoms with E-state index in [1.807, 2.05) is 6.08 Å². The van der Waals surface area contributed by atoms with Crippen LogP contribution in [0.2, 0.25) is 0 Å². The van der Waals surface area contributed by atoms with Gasteiger partial charge in [0.2, 0.25) is 0 Å². The number of carbonyl (C=O) groups is 2. The van der Waals surface area contributed by atoms with Gasteiger partial charge >= 0.3 is 11.9 Å². The second-order valence-electron chi connectivity index (χ2n) is 20.6. The molecule has 2 aliphatic rings. The molecule has 72 heavy (non-hydrogen) atoms. The number of ether oxygens (including phenoxy) is 6. The van der Waals surface area contributed by atoms with Gasteiger partial charge in [0, 0.05) is 12.5 Å². The van der Waals surface area contributed by atoms with Crippen LogP contribution in [0.3, 0.4) is 0 Å². The van der Waals surface area contributed by atoms with Gasteiger partial charge in [-0.05, 0) is 19.3 Å². The standard InChI is InChI=1S/C57H104O15/c1-3-5-7-9-11-13-15-17-19-20-21-22-23-24-26-27-29-31-33-35-37-39-48(59)67-42-45(70-49(60)40-38-36-34-32-30-28-25-18-16-14-12-10-8-6-4-2)43-68-56-55(66)53(64)51(62)47(72-56)44-69-57-54(65)52(63)50(61)46(41-58)71-57/h34,36,38,40,45-47,50-58,61-66H,3-33,35,37,39,41-44H2,1-2H3/b36-34+,40-38+/t45-,46+,47+,50-,51-,52?,53?,54?,55?,56+,57+/m0/s1. The van der Waals surface area contributed by atoms with Gasteiger partial charge in [0.25, 0.3) is 0 Å². The van der Waals surface area contributed by atoms with Gasteiger partial charge in [-0.15, -0.1) is 0 Å². The molecule has 2 fully saturated rings. The van der Waals surface area contributed by atoms with Crippen LogP contribution in [-0.2, 0) is 38.0 Å². The zero-order valence-corrected chi connectivity index (χ0v) is 44.9. The summed E-state index contributed by atoms with van der Waals surface area (Å²) in [7, 11) is 0. The van der Waals surface area contributed by atoms with Gasteiger partial charge in [0.1, 0.15) is 55.4 Å². The normalized spacial score (nSPS) is 25.1. The first-order valence-electron chi connectivity index (χ1n) is 29.0. The maximum Gasteiger partial charge on any atom is 0.331 e.